The van der Waals surface area contributed by atoms with E-state index in [0.29, 0.717) is 11.3 Å². The maximum absolute atomic E-state index is 12.1. The molecule has 0 N–H and O–H groups in total. The first-order valence-corrected chi connectivity index (χ1v) is 6.22. The van der Waals surface area contributed by atoms with Crippen molar-refractivity contribution in [3.05, 3.63) is 29.8 Å². The molecule has 0 spiro atoms. The lowest BCUT2D eigenvalue weighted by molar-refractivity contribution is -0.136. The molecule has 18 heavy (non-hydrogen) atoms. The van der Waals surface area contributed by atoms with Crippen LogP contribution < -0.4 is 4.74 Å². The first-order chi connectivity index (χ1) is 8.72. The second-order valence-electron chi connectivity index (χ2n) is 4.45. The Hall–Kier alpha value is -1.84. The zero-order valence-electron chi connectivity index (χ0n) is 10.5. The van der Waals surface area contributed by atoms with Crippen molar-refractivity contribution in [1.29, 1.82) is 0 Å². The zero-order valence-corrected chi connectivity index (χ0v) is 10.5. The predicted octanol–water partition coefficient (Wildman–Crippen LogP) is 1.89. The van der Waals surface area contributed by atoms with E-state index in [1.54, 1.807) is 31.2 Å². The first kappa shape index (κ1) is 12.6. The van der Waals surface area contributed by atoms with Gasteiger partial charge in [0.1, 0.15) is 5.75 Å². The molecule has 1 atom stereocenters. The van der Waals surface area contributed by atoms with Gasteiger partial charge >= 0.3 is 0 Å². The van der Waals surface area contributed by atoms with Crippen LogP contribution in [0.1, 0.15) is 30.1 Å². The molecule has 0 bridgehead atoms. The van der Waals surface area contributed by atoms with Gasteiger partial charge in [-0.05, 0) is 31.9 Å². The quantitative estimate of drug-likeness (QED) is 0.763. The van der Waals surface area contributed by atoms with Gasteiger partial charge in [-0.2, -0.15) is 0 Å². The predicted molar refractivity (Wildman–Crippen MR) is 67.7 cm³/mol. The van der Waals surface area contributed by atoms with Crippen LogP contribution in [0.2, 0.25) is 0 Å². The average molecular weight is 247 g/mol. The molecule has 1 aromatic rings. The van der Waals surface area contributed by atoms with Gasteiger partial charge in [0.15, 0.2) is 12.4 Å². The number of hydrogen-bond acceptors (Lipinski definition) is 3. The molecule has 1 heterocycles. The molecule has 1 aromatic carbocycles. The number of benzene rings is 1. The largest absolute Gasteiger partial charge is 0.480 e. The minimum atomic E-state index is -0.552. The van der Waals surface area contributed by atoms with Crippen LogP contribution in [0.3, 0.4) is 0 Å². The van der Waals surface area contributed by atoms with E-state index in [4.69, 9.17) is 4.74 Å². The Bertz CT molecular complexity index is 438. The van der Waals surface area contributed by atoms with E-state index in [9.17, 15) is 9.59 Å². The lowest BCUT2D eigenvalue weighted by Gasteiger charge is -2.21. The van der Waals surface area contributed by atoms with Gasteiger partial charge in [-0.15, -0.1) is 0 Å². The van der Waals surface area contributed by atoms with Crippen molar-refractivity contribution in [3.63, 3.8) is 0 Å². The summed E-state index contributed by atoms with van der Waals surface area (Å²) in [6.45, 7) is 3.34. The second-order valence-corrected chi connectivity index (χ2v) is 4.45. The van der Waals surface area contributed by atoms with E-state index in [0.717, 1.165) is 32.2 Å². The Morgan fingerprint density at radius 2 is 2.00 bits per heavy atom. The minimum absolute atomic E-state index is 0.00629. The summed E-state index contributed by atoms with van der Waals surface area (Å²) < 4.78 is 5.59. The Morgan fingerprint density at radius 3 is 2.67 bits per heavy atom. The number of nitrogens with zero attached hydrogens (tertiary/aromatic N) is 1. The lowest BCUT2D eigenvalue weighted by Crippen LogP contribution is -2.38. The van der Waals surface area contributed by atoms with E-state index >= 15 is 0 Å². The van der Waals surface area contributed by atoms with Gasteiger partial charge in [-0.3, -0.25) is 9.59 Å². The summed E-state index contributed by atoms with van der Waals surface area (Å²) in [5.41, 5.74) is 0.471. The second kappa shape index (κ2) is 5.67. The molecule has 4 heteroatoms. The molecule has 96 valence electrons. The highest BCUT2D eigenvalue weighted by molar-refractivity contribution is 5.82. The molecular formula is C14H17NO3. The van der Waals surface area contributed by atoms with Crippen LogP contribution in [-0.4, -0.2) is 36.3 Å². The summed E-state index contributed by atoms with van der Waals surface area (Å²) in [4.78, 5) is 24.7. The summed E-state index contributed by atoms with van der Waals surface area (Å²) in [5.74, 6) is 0.459. The SMILES string of the molecule is CC(Oc1ccccc1C=O)C(=O)N1CCCC1. The molecular weight excluding hydrogens is 230 g/mol. The summed E-state index contributed by atoms with van der Waals surface area (Å²) in [6.07, 6.45) is 2.30. The molecule has 2 rings (SSSR count). The molecule has 1 saturated heterocycles. The monoisotopic (exact) mass is 247 g/mol. The van der Waals surface area contributed by atoms with Gasteiger partial charge < -0.3 is 9.64 Å². The molecule has 0 saturated carbocycles. The molecule has 4 nitrogen and oxygen atoms in total. The van der Waals surface area contributed by atoms with Crippen molar-refractivity contribution in [2.75, 3.05) is 13.1 Å². The number of aldehydes is 1. The van der Waals surface area contributed by atoms with Crippen LogP contribution >= 0.6 is 0 Å². The number of carbonyl (C=O) groups excluding carboxylic acids is 2. The van der Waals surface area contributed by atoms with Crippen LogP contribution in [0.4, 0.5) is 0 Å². The van der Waals surface area contributed by atoms with Gasteiger partial charge in [0, 0.05) is 13.1 Å². The third kappa shape index (κ3) is 2.70. The molecule has 0 aromatic heterocycles. The topological polar surface area (TPSA) is 46.6 Å². The summed E-state index contributed by atoms with van der Waals surface area (Å²) in [6, 6.07) is 6.94. The maximum atomic E-state index is 12.1. The van der Waals surface area contributed by atoms with Crippen molar-refractivity contribution in [2.45, 2.75) is 25.9 Å². The van der Waals surface area contributed by atoms with Crippen molar-refractivity contribution in [2.24, 2.45) is 0 Å². The molecule has 1 amide bonds. The zero-order chi connectivity index (χ0) is 13.0. The van der Waals surface area contributed by atoms with Crippen LogP contribution in [0.25, 0.3) is 0 Å². The van der Waals surface area contributed by atoms with Gasteiger partial charge in [-0.1, -0.05) is 12.1 Å². The smallest absolute Gasteiger partial charge is 0.263 e. The molecule has 1 aliphatic rings. The molecule has 0 radical (unpaired) electrons. The fourth-order valence-corrected chi connectivity index (χ4v) is 2.12. The van der Waals surface area contributed by atoms with Crippen LogP contribution in [0, 0.1) is 0 Å². The highest BCUT2D eigenvalue weighted by Crippen LogP contribution is 2.19. The first-order valence-electron chi connectivity index (χ1n) is 6.22. The van der Waals surface area contributed by atoms with E-state index < -0.39 is 6.10 Å². The Kier molecular flexibility index (Phi) is 3.97. The maximum Gasteiger partial charge on any atom is 0.263 e. The van der Waals surface area contributed by atoms with E-state index in [-0.39, 0.29) is 5.91 Å². The van der Waals surface area contributed by atoms with Crippen LogP contribution in [0.5, 0.6) is 5.75 Å². The fourth-order valence-electron chi connectivity index (χ4n) is 2.12. The van der Waals surface area contributed by atoms with Gasteiger partial charge in [-0.25, -0.2) is 0 Å². The normalized spacial score (nSPS) is 16.4. The third-order valence-electron chi connectivity index (χ3n) is 3.12. The molecule has 1 fully saturated rings. The number of amides is 1. The molecule has 1 unspecified atom stereocenters. The van der Waals surface area contributed by atoms with Crippen molar-refractivity contribution < 1.29 is 14.3 Å². The number of para-hydroxylation sites is 1. The number of carbonyl (C=O) groups is 2. The standard InChI is InChI=1S/C14H17NO3/c1-11(14(17)15-8-4-5-9-15)18-13-7-3-2-6-12(13)10-16/h2-3,6-7,10-11H,4-5,8-9H2,1H3. The van der Waals surface area contributed by atoms with Gasteiger partial charge in [0.25, 0.3) is 5.91 Å². The lowest BCUT2D eigenvalue weighted by atomic mass is 10.2. The Labute approximate surface area is 107 Å². The summed E-state index contributed by atoms with van der Waals surface area (Å²) in [7, 11) is 0. The van der Waals surface area contributed by atoms with Crippen LogP contribution in [0.15, 0.2) is 24.3 Å². The Balaban J connectivity index is 2.03. The number of hydrogen-bond donors (Lipinski definition) is 0. The van der Waals surface area contributed by atoms with E-state index in [1.165, 1.54) is 0 Å². The summed E-state index contributed by atoms with van der Waals surface area (Å²) >= 11 is 0. The van der Waals surface area contributed by atoms with Crippen molar-refractivity contribution in [3.8, 4) is 5.75 Å². The van der Waals surface area contributed by atoms with Crippen molar-refractivity contribution in [1.82, 2.24) is 4.90 Å². The van der Waals surface area contributed by atoms with E-state index in [1.807, 2.05) is 4.90 Å². The number of ether oxygens (including phenoxy) is 1. The van der Waals surface area contributed by atoms with Crippen LogP contribution in [-0.2, 0) is 4.79 Å². The fraction of sp³-hybridized carbons (Fsp3) is 0.429. The highest BCUT2D eigenvalue weighted by atomic mass is 16.5. The average Bonchev–Trinajstić information content (AvgIpc) is 2.92. The van der Waals surface area contributed by atoms with Gasteiger partial charge in [0.2, 0.25) is 0 Å². The van der Waals surface area contributed by atoms with E-state index in [2.05, 4.69) is 0 Å². The number of rotatable bonds is 4. The Morgan fingerprint density at radius 1 is 1.33 bits per heavy atom. The third-order valence-corrected chi connectivity index (χ3v) is 3.12. The minimum Gasteiger partial charge on any atom is -0.480 e. The molecule has 1 aliphatic heterocycles. The van der Waals surface area contributed by atoms with Crippen molar-refractivity contribution >= 4 is 12.2 Å². The number of likely N-dealkylation sites (tertiary alicyclic amines) is 1. The van der Waals surface area contributed by atoms with Gasteiger partial charge in [0.05, 0.1) is 5.56 Å². The highest BCUT2D eigenvalue weighted by Gasteiger charge is 2.24. The molecule has 0 aliphatic carbocycles. The summed E-state index contributed by atoms with van der Waals surface area (Å²) in [5, 5.41) is 0.